The van der Waals surface area contributed by atoms with E-state index in [2.05, 4.69) is 25.0 Å². The van der Waals surface area contributed by atoms with Gasteiger partial charge in [0.1, 0.15) is 11.2 Å². The molecule has 0 radical (unpaired) electrons. The Labute approximate surface area is 138 Å². The van der Waals surface area contributed by atoms with Crippen LogP contribution in [0.25, 0.3) is 22.7 Å². The quantitative estimate of drug-likeness (QED) is 0.627. The average molecular weight is 319 g/mol. The van der Waals surface area contributed by atoms with E-state index >= 15 is 0 Å². The number of aromatic amines is 1. The van der Waals surface area contributed by atoms with Crippen LogP contribution in [0, 0.1) is 20.8 Å². The Morgan fingerprint density at radius 2 is 1.83 bits per heavy atom. The van der Waals surface area contributed by atoms with Crippen molar-refractivity contribution in [1.82, 2.24) is 34.7 Å². The number of hydrogen-bond acceptors (Lipinski definition) is 5. The first-order valence-corrected chi connectivity index (χ1v) is 7.74. The summed E-state index contributed by atoms with van der Waals surface area (Å²) in [5, 5.41) is 4.40. The van der Waals surface area contributed by atoms with Crippen molar-refractivity contribution in [2.24, 2.45) is 0 Å². The Kier molecular flexibility index (Phi) is 3.34. The first-order chi connectivity index (χ1) is 11.6. The molecule has 0 unspecified atom stereocenters. The molecule has 0 amide bonds. The van der Waals surface area contributed by atoms with Gasteiger partial charge in [0.05, 0.1) is 29.8 Å². The second-order valence-electron chi connectivity index (χ2n) is 5.81. The van der Waals surface area contributed by atoms with Crippen LogP contribution in [0.1, 0.15) is 22.6 Å². The van der Waals surface area contributed by atoms with Crippen LogP contribution >= 0.6 is 0 Å². The van der Waals surface area contributed by atoms with Gasteiger partial charge in [0.25, 0.3) is 0 Å². The van der Waals surface area contributed by atoms with Gasteiger partial charge in [-0.05, 0) is 32.4 Å². The van der Waals surface area contributed by atoms with Crippen LogP contribution in [0.2, 0.25) is 0 Å². The van der Waals surface area contributed by atoms with Gasteiger partial charge in [-0.1, -0.05) is 6.07 Å². The smallest absolute Gasteiger partial charge is 0.177 e. The van der Waals surface area contributed by atoms with Gasteiger partial charge in [-0.2, -0.15) is 5.10 Å². The molecule has 0 saturated carbocycles. The van der Waals surface area contributed by atoms with Crippen LogP contribution in [0.3, 0.4) is 0 Å². The van der Waals surface area contributed by atoms with Gasteiger partial charge in [0, 0.05) is 12.4 Å². The van der Waals surface area contributed by atoms with Gasteiger partial charge in [0.15, 0.2) is 11.5 Å². The van der Waals surface area contributed by atoms with E-state index in [9.17, 15) is 0 Å². The maximum absolute atomic E-state index is 4.69. The molecule has 0 spiro atoms. The zero-order chi connectivity index (χ0) is 16.7. The van der Waals surface area contributed by atoms with Crippen molar-refractivity contribution in [2.45, 2.75) is 27.3 Å². The average Bonchev–Trinajstić information content (AvgIpc) is 3.14. The number of rotatable bonds is 3. The molecule has 120 valence electrons. The summed E-state index contributed by atoms with van der Waals surface area (Å²) in [6.07, 6.45) is 5.38. The molecule has 4 heterocycles. The number of nitrogens with zero attached hydrogens (tertiary/aromatic N) is 6. The van der Waals surface area contributed by atoms with Gasteiger partial charge in [-0.3, -0.25) is 9.97 Å². The molecule has 4 aromatic heterocycles. The van der Waals surface area contributed by atoms with Crippen LogP contribution in [0.4, 0.5) is 0 Å². The molecule has 0 aromatic carbocycles. The molecule has 0 saturated heterocycles. The summed E-state index contributed by atoms with van der Waals surface area (Å²) < 4.78 is 1.86. The summed E-state index contributed by atoms with van der Waals surface area (Å²) in [4.78, 5) is 21.3. The number of fused-ring (bicyclic) bond motifs is 1. The van der Waals surface area contributed by atoms with E-state index in [4.69, 9.17) is 4.98 Å². The first kappa shape index (κ1) is 14.5. The molecule has 0 aliphatic carbocycles. The van der Waals surface area contributed by atoms with Crippen molar-refractivity contribution in [2.75, 3.05) is 0 Å². The van der Waals surface area contributed by atoms with Gasteiger partial charge >= 0.3 is 0 Å². The molecule has 0 aliphatic heterocycles. The van der Waals surface area contributed by atoms with Crippen molar-refractivity contribution in [3.05, 3.63) is 53.4 Å². The first-order valence-electron chi connectivity index (χ1n) is 7.74. The third-order valence-corrected chi connectivity index (χ3v) is 4.04. The fourth-order valence-electron chi connectivity index (χ4n) is 2.68. The monoisotopic (exact) mass is 319 g/mol. The van der Waals surface area contributed by atoms with E-state index in [1.165, 1.54) is 0 Å². The Bertz CT molecular complexity index is 1010. The molecule has 24 heavy (non-hydrogen) atoms. The summed E-state index contributed by atoms with van der Waals surface area (Å²) in [5.74, 6) is 0.718. The lowest BCUT2D eigenvalue weighted by molar-refractivity contribution is 0.702. The lowest BCUT2D eigenvalue weighted by Gasteiger charge is -2.05. The minimum Gasteiger partial charge on any atom is -0.334 e. The van der Waals surface area contributed by atoms with E-state index in [0.29, 0.717) is 6.54 Å². The van der Waals surface area contributed by atoms with E-state index in [1.54, 1.807) is 12.4 Å². The van der Waals surface area contributed by atoms with Crippen LogP contribution in [0.5, 0.6) is 0 Å². The molecule has 0 aliphatic rings. The fraction of sp³-hybridized carbons (Fsp3) is 0.235. The third-order valence-electron chi connectivity index (χ3n) is 4.04. The Morgan fingerprint density at radius 1 is 1.00 bits per heavy atom. The number of nitrogens with one attached hydrogen (secondary N) is 1. The highest BCUT2D eigenvalue weighted by molar-refractivity contribution is 5.75. The normalized spacial score (nSPS) is 11.3. The maximum atomic E-state index is 4.69. The van der Waals surface area contributed by atoms with E-state index < -0.39 is 0 Å². The molecule has 4 rings (SSSR count). The number of hydrogen-bond donors (Lipinski definition) is 1. The number of H-pyrrole nitrogens is 1. The molecule has 1 N–H and O–H groups in total. The molecule has 4 aromatic rings. The van der Waals surface area contributed by atoms with Crippen LogP contribution in [-0.4, -0.2) is 34.7 Å². The lowest BCUT2D eigenvalue weighted by Crippen LogP contribution is -2.03. The van der Waals surface area contributed by atoms with Crippen molar-refractivity contribution in [3.63, 3.8) is 0 Å². The summed E-state index contributed by atoms with van der Waals surface area (Å²) in [7, 11) is 0. The van der Waals surface area contributed by atoms with Crippen LogP contribution in [-0.2, 0) is 6.54 Å². The standard InChI is InChI=1S/C17H17N7/c1-10-11(2)21-15(12(3)20-10)16-22-14-8-19-24(17(14)23-16)9-13-5-4-6-18-7-13/h4-8H,9H2,1-3H3,(H,22,23). The lowest BCUT2D eigenvalue weighted by atomic mass is 10.2. The molecule has 7 nitrogen and oxygen atoms in total. The number of aromatic nitrogens is 7. The van der Waals surface area contributed by atoms with Crippen molar-refractivity contribution in [3.8, 4) is 11.5 Å². The Hall–Kier alpha value is -3.09. The molecular formula is C17H17N7. The van der Waals surface area contributed by atoms with Crippen molar-refractivity contribution in [1.29, 1.82) is 0 Å². The highest BCUT2D eigenvalue weighted by Gasteiger charge is 2.15. The minimum absolute atomic E-state index is 0.624. The highest BCUT2D eigenvalue weighted by Crippen LogP contribution is 2.22. The van der Waals surface area contributed by atoms with E-state index in [-0.39, 0.29) is 0 Å². The Morgan fingerprint density at radius 3 is 2.62 bits per heavy atom. The van der Waals surface area contributed by atoms with E-state index in [0.717, 1.165) is 45.3 Å². The summed E-state index contributed by atoms with van der Waals surface area (Å²) in [5.41, 5.74) is 6.25. The van der Waals surface area contributed by atoms with Crippen molar-refractivity contribution >= 4 is 11.2 Å². The largest absolute Gasteiger partial charge is 0.334 e. The molecule has 0 atom stereocenters. The topological polar surface area (TPSA) is 85.2 Å². The second kappa shape index (κ2) is 5.52. The highest BCUT2D eigenvalue weighted by atomic mass is 15.3. The second-order valence-corrected chi connectivity index (χ2v) is 5.81. The molecule has 7 heteroatoms. The number of aryl methyl sites for hydroxylation is 3. The van der Waals surface area contributed by atoms with Gasteiger partial charge in [-0.25, -0.2) is 14.6 Å². The number of pyridine rings is 1. The van der Waals surface area contributed by atoms with Gasteiger partial charge < -0.3 is 4.98 Å². The van der Waals surface area contributed by atoms with Gasteiger partial charge in [-0.15, -0.1) is 0 Å². The Balaban J connectivity index is 1.76. The van der Waals surface area contributed by atoms with Crippen molar-refractivity contribution < 1.29 is 0 Å². The molecule has 0 bridgehead atoms. The fourth-order valence-corrected chi connectivity index (χ4v) is 2.68. The molecule has 0 fully saturated rings. The summed E-state index contributed by atoms with van der Waals surface area (Å²) in [6.45, 7) is 6.49. The maximum Gasteiger partial charge on any atom is 0.177 e. The predicted octanol–water partition coefficient (Wildman–Crippen LogP) is 2.58. The summed E-state index contributed by atoms with van der Waals surface area (Å²) >= 11 is 0. The van der Waals surface area contributed by atoms with E-state index in [1.807, 2.05) is 43.8 Å². The zero-order valence-corrected chi connectivity index (χ0v) is 13.8. The third kappa shape index (κ3) is 2.44. The zero-order valence-electron chi connectivity index (χ0n) is 13.8. The number of imidazole rings is 1. The SMILES string of the molecule is Cc1nc(C)c(-c2nc3c(cnn3Cc3cccnc3)[nH]2)nc1C. The predicted molar refractivity (Wildman–Crippen MR) is 90.5 cm³/mol. The summed E-state index contributed by atoms with van der Waals surface area (Å²) in [6, 6.07) is 3.94. The van der Waals surface area contributed by atoms with Crippen LogP contribution < -0.4 is 0 Å². The molecular weight excluding hydrogens is 302 g/mol. The van der Waals surface area contributed by atoms with Crippen LogP contribution in [0.15, 0.2) is 30.7 Å². The van der Waals surface area contributed by atoms with Gasteiger partial charge in [0.2, 0.25) is 0 Å². The minimum atomic E-state index is 0.624.